The van der Waals surface area contributed by atoms with Gasteiger partial charge in [0, 0.05) is 26.2 Å². The molecule has 4 aliphatic heterocycles. The van der Waals surface area contributed by atoms with Crippen molar-refractivity contribution in [3.8, 4) is 5.75 Å². The lowest BCUT2D eigenvalue weighted by Gasteiger charge is -2.46. The van der Waals surface area contributed by atoms with Gasteiger partial charge >= 0.3 is 6.03 Å². The van der Waals surface area contributed by atoms with E-state index in [9.17, 15) is 9.59 Å². The summed E-state index contributed by atoms with van der Waals surface area (Å²) in [6, 6.07) is 5.74. The fraction of sp³-hybridized carbons (Fsp3) is 0.619. The largest absolute Gasteiger partial charge is 0.485 e. The number of fused-ring (bicyclic) bond motifs is 1. The smallest absolute Gasteiger partial charge is 0.320 e. The Morgan fingerprint density at radius 3 is 2.77 bits per heavy atom. The first kappa shape index (κ1) is 19.8. The minimum atomic E-state index is -0.122. The molecule has 8 nitrogen and oxygen atoms in total. The van der Waals surface area contributed by atoms with Gasteiger partial charge in [-0.3, -0.25) is 4.79 Å². The van der Waals surface area contributed by atoms with Crippen molar-refractivity contribution in [2.45, 2.75) is 31.6 Å². The average molecular weight is 435 g/mol. The lowest BCUT2D eigenvalue weighted by molar-refractivity contribution is -0.139. The van der Waals surface area contributed by atoms with Gasteiger partial charge in [-0.2, -0.15) is 0 Å². The number of amides is 3. The third-order valence-corrected chi connectivity index (χ3v) is 6.73. The van der Waals surface area contributed by atoms with Crippen LogP contribution in [0.25, 0.3) is 0 Å². The Morgan fingerprint density at radius 2 is 2.00 bits per heavy atom. The Hall–Kier alpha value is -2.19. The number of piperidine rings is 1. The second kappa shape index (κ2) is 7.81. The number of urea groups is 1. The first-order chi connectivity index (χ1) is 14.5. The number of morpholine rings is 1. The SMILES string of the molecule is CC1CN(c2cccc(OC3CN(C(=O)N4CC[C@@H]5OCC(=O)N[C@@H]5C4)C3)c2Cl)C1. The molecule has 5 rings (SSSR count). The van der Waals surface area contributed by atoms with Gasteiger partial charge in [0.25, 0.3) is 0 Å². The van der Waals surface area contributed by atoms with Crippen LogP contribution in [0, 0.1) is 5.92 Å². The monoisotopic (exact) mass is 434 g/mol. The summed E-state index contributed by atoms with van der Waals surface area (Å²) in [5, 5.41) is 3.58. The molecule has 4 aliphatic rings. The molecule has 0 unspecified atom stereocenters. The number of likely N-dealkylation sites (tertiary alicyclic amines) is 2. The van der Waals surface area contributed by atoms with Crippen molar-refractivity contribution < 1.29 is 19.1 Å². The van der Waals surface area contributed by atoms with Crippen molar-refractivity contribution >= 4 is 29.2 Å². The molecule has 1 N–H and O–H groups in total. The zero-order valence-electron chi connectivity index (χ0n) is 17.1. The van der Waals surface area contributed by atoms with E-state index in [2.05, 4.69) is 17.1 Å². The van der Waals surface area contributed by atoms with Crippen molar-refractivity contribution in [3.05, 3.63) is 23.2 Å². The van der Waals surface area contributed by atoms with Gasteiger partial charge in [-0.25, -0.2) is 4.79 Å². The highest BCUT2D eigenvalue weighted by Gasteiger charge is 2.40. The van der Waals surface area contributed by atoms with Crippen LogP contribution in [0.15, 0.2) is 18.2 Å². The summed E-state index contributed by atoms with van der Waals surface area (Å²) in [5.74, 6) is 1.25. The number of ether oxygens (including phenoxy) is 2. The van der Waals surface area contributed by atoms with Gasteiger partial charge in [0.15, 0.2) is 0 Å². The number of hydrogen-bond donors (Lipinski definition) is 1. The maximum Gasteiger partial charge on any atom is 0.320 e. The molecule has 9 heteroatoms. The number of nitrogens with one attached hydrogen (secondary N) is 1. The third-order valence-electron chi connectivity index (χ3n) is 6.35. The molecule has 3 amide bonds. The van der Waals surface area contributed by atoms with Crippen LogP contribution >= 0.6 is 11.6 Å². The molecule has 4 fully saturated rings. The van der Waals surface area contributed by atoms with E-state index < -0.39 is 0 Å². The van der Waals surface area contributed by atoms with Crippen molar-refractivity contribution in [2.75, 3.05) is 50.8 Å². The Labute approximate surface area is 181 Å². The van der Waals surface area contributed by atoms with E-state index in [1.807, 2.05) is 18.2 Å². The van der Waals surface area contributed by atoms with E-state index in [1.165, 1.54) is 0 Å². The summed E-state index contributed by atoms with van der Waals surface area (Å²) in [6.45, 7) is 6.56. The number of anilines is 1. The maximum absolute atomic E-state index is 12.8. The van der Waals surface area contributed by atoms with Crippen LogP contribution < -0.4 is 15.0 Å². The number of carbonyl (C=O) groups is 2. The van der Waals surface area contributed by atoms with Crippen LogP contribution in [0.1, 0.15) is 13.3 Å². The van der Waals surface area contributed by atoms with Gasteiger partial charge in [-0.1, -0.05) is 24.6 Å². The first-order valence-electron chi connectivity index (χ1n) is 10.6. The second-order valence-corrected chi connectivity index (χ2v) is 9.16. The maximum atomic E-state index is 12.8. The number of hydrogen-bond acceptors (Lipinski definition) is 5. The second-order valence-electron chi connectivity index (χ2n) is 8.78. The topological polar surface area (TPSA) is 74.3 Å². The van der Waals surface area contributed by atoms with Crippen LogP contribution in [-0.2, 0) is 9.53 Å². The number of carbonyl (C=O) groups excluding carboxylic acids is 2. The highest BCUT2D eigenvalue weighted by Crippen LogP contribution is 2.38. The summed E-state index contributed by atoms with van der Waals surface area (Å²) < 4.78 is 11.6. The predicted octanol–water partition coefficient (Wildman–Crippen LogP) is 1.57. The molecule has 4 heterocycles. The van der Waals surface area contributed by atoms with Crippen molar-refractivity contribution in [1.82, 2.24) is 15.1 Å². The van der Waals surface area contributed by atoms with E-state index >= 15 is 0 Å². The standard InChI is InChI=1S/C21H27ClN4O4/c1-13-7-25(8-13)16-3-2-4-18(20(16)22)30-14-9-26(10-14)21(28)24-6-5-17-15(11-24)23-19(27)12-29-17/h2-4,13-15,17H,5-12H2,1H3,(H,23,27)/t15-,17+/m1/s1. The Bertz CT molecular complexity index is 840. The molecule has 1 aromatic rings. The van der Waals surface area contributed by atoms with Crippen LogP contribution in [0.5, 0.6) is 5.75 Å². The predicted molar refractivity (Wildman–Crippen MR) is 112 cm³/mol. The summed E-state index contributed by atoms with van der Waals surface area (Å²) in [5.41, 5.74) is 1.01. The van der Waals surface area contributed by atoms with Gasteiger partial charge in [0.2, 0.25) is 5.91 Å². The van der Waals surface area contributed by atoms with E-state index in [0.717, 1.165) is 25.2 Å². The molecule has 4 saturated heterocycles. The quantitative estimate of drug-likeness (QED) is 0.781. The number of benzene rings is 1. The minimum Gasteiger partial charge on any atom is -0.485 e. The van der Waals surface area contributed by atoms with Crippen LogP contribution in [0.3, 0.4) is 0 Å². The molecular formula is C21H27ClN4O4. The zero-order chi connectivity index (χ0) is 20.8. The molecule has 1 aromatic carbocycles. The summed E-state index contributed by atoms with van der Waals surface area (Å²) >= 11 is 6.58. The molecule has 0 radical (unpaired) electrons. The van der Waals surface area contributed by atoms with Crippen molar-refractivity contribution in [1.29, 1.82) is 0 Å². The minimum absolute atomic E-state index is 0.00281. The molecule has 0 aromatic heterocycles. The Kier molecular flexibility index (Phi) is 5.14. The lowest BCUT2D eigenvalue weighted by Crippen LogP contribution is -2.65. The molecule has 0 saturated carbocycles. The van der Waals surface area contributed by atoms with Gasteiger partial charge in [0.05, 0.1) is 30.9 Å². The van der Waals surface area contributed by atoms with Gasteiger partial charge in [-0.05, 0) is 24.5 Å². The molecule has 162 valence electrons. The average Bonchev–Trinajstić information content (AvgIpc) is 2.68. The number of halogens is 1. The summed E-state index contributed by atoms with van der Waals surface area (Å²) in [6.07, 6.45) is 0.678. The molecule has 0 aliphatic carbocycles. The van der Waals surface area contributed by atoms with Crippen molar-refractivity contribution in [3.63, 3.8) is 0 Å². The summed E-state index contributed by atoms with van der Waals surface area (Å²) in [7, 11) is 0. The molecular weight excluding hydrogens is 408 g/mol. The Balaban J connectivity index is 1.14. The van der Waals surface area contributed by atoms with Crippen molar-refractivity contribution in [2.24, 2.45) is 5.92 Å². The van der Waals surface area contributed by atoms with Crippen LogP contribution in [0.4, 0.5) is 10.5 Å². The highest BCUT2D eigenvalue weighted by atomic mass is 35.5. The zero-order valence-corrected chi connectivity index (χ0v) is 17.8. The van der Waals surface area contributed by atoms with E-state index in [1.54, 1.807) is 9.80 Å². The highest BCUT2D eigenvalue weighted by molar-refractivity contribution is 6.34. The van der Waals surface area contributed by atoms with E-state index in [4.69, 9.17) is 21.1 Å². The van der Waals surface area contributed by atoms with Gasteiger partial charge < -0.3 is 29.5 Å². The van der Waals surface area contributed by atoms with Gasteiger partial charge in [-0.15, -0.1) is 0 Å². The number of nitrogens with zero attached hydrogens (tertiary/aromatic N) is 3. The number of rotatable bonds is 3. The fourth-order valence-electron chi connectivity index (χ4n) is 4.65. The fourth-order valence-corrected chi connectivity index (χ4v) is 4.94. The molecule has 30 heavy (non-hydrogen) atoms. The van der Waals surface area contributed by atoms with E-state index in [0.29, 0.717) is 42.9 Å². The molecule has 2 atom stereocenters. The third kappa shape index (κ3) is 3.67. The molecule has 0 spiro atoms. The lowest BCUT2D eigenvalue weighted by atomic mass is 10.0. The Morgan fingerprint density at radius 1 is 1.20 bits per heavy atom. The first-order valence-corrected chi connectivity index (χ1v) is 11.0. The van der Waals surface area contributed by atoms with Crippen LogP contribution in [0.2, 0.25) is 5.02 Å². The van der Waals surface area contributed by atoms with Crippen LogP contribution in [-0.4, -0.2) is 85.9 Å². The van der Waals surface area contributed by atoms with Gasteiger partial charge in [0.1, 0.15) is 23.5 Å². The normalized spacial score (nSPS) is 27.1. The molecule has 0 bridgehead atoms. The summed E-state index contributed by atoms with van der Waals surface area (Å²) in [4.78, 5) is 30.2. The van der Waals surface area contributed by atoms with E-state index in [-0.39, 0.29) is 36.8 Å².